The van der Waals surface area contributed by atoms with Crippen LogP contribution in [0, 0.1) is 12.8 Å². The number of furan rings is 1. The molecule has 1 aliphatic heterocycles. The second-order valence-electron chi connectivity index (χ2n) is 9.49. The first kappa shape index (κ1) is 25.7. The highest BCUT2D eigenvalue weighted by Crippen LogP contribution is 2.47. The molecule has 1 aliphatic rings. The number of piperidine rings is 1. The Morgan fingerprint density at radius 2 is 1.74 bits per heavy atom. The van der Waals surface area contributed by atoms with E-state index in [0.29, 0.717) is 71.2 Å². The number of nitrogens with zero attached hydrogens (tertiary/aromatic N) is 2. The number of aryl methyl sites for hydroxylation is 1. The first-order valence-electron chi connectivity index (χ1n) is 13.1. The minimum atomic E-state index is -0.500. The van der Waals surface area contributed by atoms with Crippen LogP contribution in [-0.2, 0) is 14.3 Å². The first-order valence-corrected chi connectivity index (χ1v) is 13.1. The fourth-order valence-electron chi connectivity index (χ4n) is 5.57. The van der Waals surface area contributed by atoms with Crippen LogP contribution in [0.1, 0.15) is 60.1 Å². The zero-order chi connectivity index (χ0) is 26.8. The molecular weight excluding hydrogens is 484 g/mol. The zero-order valence-corrected chi connectivity index (χ0v) is 21.9. The van der Waals surface area contributed by atoms with Gasteiger partial charge in [-0.1, -0.05) is 30.3 Å². The van der Waals surface area contributed by atoms with Gasteiger partial charge in [0.2, 0.25) is 0 Å². The maximum Gasteiger partial charge on any atom is 0.342 e. The topological polar surface area (TPSA) is 102 Å². The molecule has 0 saturated carbocycles. The molecule has 8 heteroatoms. The molecule has 2 aromatic carbocycles. The molecule has 1 unspecified atom stereocenters. The molecule has 0 amide bonds. The lowest BCUT2D eigenvalue weighted by molar-refractivity contribution is -0.149. The third-order valence-corrected chi connectivity index (χ3v) is 7.27. The van der Waals surface area contributed by atoms with Crippen LogP contribution in [0.5, 0.6) is 5.75 Å². The summed E-state index contributed by atoms with van der Waals surface area (Å²) in [7, 11) is 0. The van der Waals surface area contributed by atoms with E-state index in [1.165, 1.54) is 0 Å². The lowest BCUT2D eigenvalue weighted by Crippen LogP contribution is -2.40. The fourth-order valence-corrected chi connectivity index (χ4v) is 5.57. The Morgan fingerprint density at radius 3 is 2.39 bits per heavy atom. The maximum absolute atomic E-state index is 13.2. The number of hydrogen-bond donors (Lipinski definition) is 1. The molecule has 0 spiro atoms. The summed E-state index contributed by atoms with van der Waals surface area (Å²) >= 11 is 0. The Labute approximate surface area is 221 Å². The minimum Gasteiger partial charge on any atom is -0.507 e. The number of ether oxygens (including phenoxy) is 2. The summed E-state index contributed by atoms with van der Waals surface area (Å²) in [6.45, 7) is 7.05. The van der Waals surface area contributed by atoms with Gasteiger partial charge in [0, 0.05) is 27.9 Å². The van der Waals surface area contributed by atoms with Crippen LogP contribution in [0.2, 0.25) is 0 Å². The molecule has 0 radical (unpaired) electrons. The molecule has 1 fully saturated rings. The molecule has 1 atom stereocenters. The summed E-state index contributed by atoms with van der Waals surface area (Å²) in [6, 6.07) is 12.6. The standard InChI is InChI=1S/C30H32N2O6/c1-4-36-29(34)19-13-16-32(17-14-19)26(22-12-8-9-15-31-22)25-24-23(30(35)37-5-2)18(3)38-28(24)21-11-7-6-10-20(21)27(25)33/h6-12,15,19,26,33H,4-5,13-14,16-17H2,1-3H3. The molecule has 4 aromatic rings. The number of aromatic hydroxyl groups is 1. The Balaban J connectivity index is 1.74. The van der Waals surface area contributed by atoms with Crippen molar-refractivity contribution in [3.05, 3.63) is 71.2 Å². The SMILES string of the molecule is CCOC(=O)c1c(C)oc2c1c(C(c1ccccn1)N1CCC(C(=O)OCC)CC1)c(O)c1ccccc12. The number of esters is 2. The van der Waals surface area contributed by atoms with Crippen molar-refractivity contribution in [2.45, 2.75) is 39.7 Å². The van der Waals surface area contributed by atoms with Crippen molar-refractivity contribution in [2.24, 2.45) is 5.92 Å². The lowest BCUT2D eigenvalue weighted by Gasteiger charge is -2.37. The van der Waals surface area contributed by atoms with Gasteiger partial charge in [-0.15, -0.1) is 0 Å². The van der Waals surface area contributed by atoms with Gasteiger partial charge in [-0.05, 0) is 58.8 Å². The van der Waals surface area contributed by atoms with Crippen molar-refractivity contribution in [2.75, 3.05) is 26.3 Å². The van der Waals surface area contributed by atoms with E-state index in [1.807, 2.05) is 49.4 Å². The van der Waals surface area contributed by atoms with Crippen LogP contribution in [-0.4, -0.2) is 53.2 Å². The summed E-state index contributed by atoms with van der Waals surface area (Å²) in [5.74, 6) is -0.348. The summed E-state index contributed by atoms with van der Waals surface area (Å²) in [4.78, 5) is 32.5. The van der Waals surface area contributed by atoms with E-state index < -0.39 is 12.0 Å². The smallest absolute Gasteiger partial charge is 0.342 e. The highest BCUT2D eigenvalue weighted by molar-refractivity contribution is 6.16. The van der Waals surface area contributed by atoms with Crippen molar-refractivity contribution in [3.63, 3.8) is 0 Å². The molecular formula is C30H32N2O6. The molecule has 3 heterocycles. The third kappa shape index (κ3) is 4.49. The molecule has 8 nitrogen and oxygen atoms in total. The van der Waals surface area contributed by atoms with E-state index in [0.717, 1.165) is 5.69 Å². The summed E-state index contributed by atoms with van der Waals surface area (Å²) in [5.41, 5.74) is 2.10. The van der Waals surface area contributed by atoms with Crippen molar-refractivity contribution in [3.8, 4) is 5.75 Å². The van der Waals surface area contributed by atoms with Gasteiger partial charge in [0.25, 0.3) is 0 Å². The third-order valence-electron chi connectivity index (χ3n) is 7.27. The molecule has 38 heavy (non-hydrogen) atoms. The highest BCUT2D eigenvalue weighted by Gasteiger charge is 2.37. The largest absolute Gasteiger partial charge is 0.507 e. The lowest BCUT2D eigenvalue weighted by atomic mass is 9.88. The fraction of sp³-hybridized carbons (Fsp3) is 0.367. The number of pyridine rings is 1. The van der Waals surface area contributed by atoms with E-state index >= 15 is 0 Å². The predicted octanol–water partition coefficient (Wildman–Crippen LogP) is 5.54. The van der Waals surface area contributed by atoms with Crippen molar-refractivity contribution >= 4 is 33.7 Å². The molecule has 1 N–H and O–H groups in total. The molecule has 0 bridgehead atoms. The molecule has 0 aliphatic carbocycles. The van der Waals surface area contributed by atoms with Crippen LogP contribution in [0.15, 0.2) is 53.1 Å². The Morgan fingerprint density at radius 1 is 1.05 bits per heavy atom. The number of phenols is 1. The average molecular weight is 517 g/mol. The van der Waals surface area contributed by atoms with Crippen LogP contribution >= 0.6 is 0 Å². The Bertz CT molecular complexity index is 1470. The molecule has 5 rings (SSSR count). The number of fused-ring (bicyclic) bond motifs is 3. The number of rotatable bonds is 7. The highest BCUT2D eigenvalue weighted by atomic mass is 16.5. The van der Waals surface area contributed by atoms with Crippen molar-refractivity contribution in [1.82, 2.24) is 9.88 Å². The number of phenolic OH excluding ortho intramolecular Hbond substituents is 1. The van der Waals surface area contributed by atoms with Crippen molar-refractivity contribution in [1.29, 1.82) is 0 Å². The van der Waals surface area contributed by atoms with Gasteiger partial charge < -0.3 is 19.0 Å². The monoisotopic (exact) mass is 516 g/mol. The number of carbonyl (C=O) groups is 2. The molecule has 1 saturated heterocycles. The van der Waals surface area contributed by atoms with Gasteiger partial charge in [-0.2, -0.15) is 0 Å². The minimum absolute atomic E-state index is 0.0719. The summed E-state index contributed by atoms with van der Waals surface area (Å²) in [5, 5.41) is 13.7. The maximum atomic E-state index is 13.2. The van der Waals surface area contributed by atoms with Gasteiger partial charge in [0.15, 0.2) is 0 Å². The number of hydrogen-bond acceptors (Lipinski definition) is 8. The number of carbonyl (C=O) groups excluding carboxylic acids is 2. The predicted molar refractivity (Wildman–Crippen MR) is 143 cm³/mol. The van der Waals surface area contributed by atoms with Crippen LogP contribution in [0.4, 0.5) is 0 Å². The van der Waals surface area contributed by atoms with Crippen molar-refractivity contribution < 1.29 is 28.6 Å². The molecule has 2 aromatic heterocycles. The van der Waals surface area contributed by atoms with Crippen LogP contribution < -0.4 is 0 Å². The quantitative estimate of drug-likeness (QED) is 0.320. The van der Waals surface area contributed by atoms with E-state index in [2.05, 4.69) is 9.88 Å². The average Bonchev–Trinajstić information content (AvgIpc) is 3.29. The second kappa shape index (κ2) is 10.8. The summed E-state index contributed by atoms with van der Waals surface area (Å²) in [6.07, 6.45) is 2.96. The zero-order valence-electron chi connectivity index (χ0n) is 21.9. The van der Waals surface area contributed by atoms with Gasteiger partial charge in [0.1, 0.15) is 22.7 Å². The van der Waals surface area contributed by atoms with E-state index in [9.17, 15) is 14.7 Å². The van der Waals surface area contributed by atoms with Gasteiger partial charge in [0.05, 0.1) is 30.9 Å². The van der Waals surface area contributed by atoms with Gasteiger partial charge in [-0.25, -0.2) is 4.79 Å². The number of aromatic nitrogens is 1. The van der Waals surface area contributed by atoms with E-state index in [1.54, 1.807) is 20.0 Å². The Kier molecular flexibility index (Phi) is 7.33. The van der Waals surface area contributed by atoms with E-state index in [4.69, 9.17) is 13.9 Å². The van der Waals surface area contributed by atoms with Gasteiger partial charge >= 0.3 is 11.9 Å². The summed E-state index contributed by atoms with van der Waals surface area (Å²) < 4.78 is 16.9. The number of benzene rings is 2. The van der Waals surface area contributed by atoms with Gasteiger partial charge in [-0.3, -0.25) is 14.7 Å². The van der Waals surface area contributed by atoms with E-state index in [-0.39, 0.29) is 24.2 Å². The van der Waals surface area contributed by atoms with Crippen LogP contribution in [0.25, 0.3) is 21.7 Å². The number of likely N-dealkylation sites (tertiary alicyclic amines) is 1. The first-order chi connectivity index (χ1) is 18.5. The second-order valence-corrected chi connectivity index (χ2v) is 9.49. The normalized spacial score (nSPS) is 15.6. The Hall–Kier alpha value is -3.91. The van der Waals surface area contributed by atoms with Crippen LogP contribution in [0.3, 0.4) is 0 Å². The molecule has 198 valence electrons.